The summed E-state index contributed by atoms with van der Waals surface area (Å²) in [6.07, 6.45) is -2.08. The molecule has 0 saturated carbocycles. The molecule has 1 fully saturated rings. The Labute approximate surface area is 206 Å². The monoisotopic (exact) mass is 529 g/mol. The predicted octanol–water partition coefficient (Wildman–Crippen LogP) is 4.45. The average molecular weight is 530 g/mol. The van der Waals surface area contributed by atoms with Crippen LogP contribution in [0.3, 0.4) is 0 Å². The molecule has 1 N–H and O–H groups in total. The Bertz CT molecular complexity index is 1340. The molecule has 0 aliphatic carbocycles. The molecule has 0 spiro atoms. The molecular formula is C23H24ClF4N5OS. The first-order valence-electron chi connectivity index (χ1n) is 11.2. The smallest absolute Gasteiger partial charge is 0.353 e. The lowest BCUT2D eigenvalue weighted by atomic mass is 10.0. The highest BCUT2D eigenvalue weighted by Gasteiger charge is 2.36. The molecule has 2 unspecified atom stereocenters. The minimum absolute atomic E-state index is 0.0574. The number of hydrogen-bond donors (Lipinski definition) is 2. The fraction of sp³-hybridized carbons (Fsp3) is 0.435. The number of anilines is 1. The number of halogens is 5. The van der Waals surface area contributed by atoms with Crippen molar-refractivity contribution < 1.29 is 17.6 Å². The number of aromatic nitrogens is 3. The lowest BCUT2D eigenvalue weighted by Gasteiger charge is -2.37. The minimum Gasteiger partial charge on any atom is -0.353 e. The van der Waals surface area contributed by atoms with E-state index < -0.39 is 39.3 Å². The van der Waals surface area contributed by atoms with Gasteiger partial charge in [-0.2, -0.15) is 18.2 Å². The predicted molar refractivity (Wildman–Crippen MR) is 130 cm³/mol. The van der Waals surface area contributed by atoms with Crippen LogP contribution in [0.4, 0.5) is 23.4 Å². The minimum atomic E-state index is -4.61. The van der Waals surface area contributed by atoms with Gasteiger partial charge in [0.15, 0.2) is 0 Å². The van der Waals surface area contributed by atoms with Crippen molar-refractivity contribution in [2.45, 2.75) is 49.5 Å². The molecule has 4 atom stereocenters. The van der Waals surface area contributed by atoms with Crippen LogP contribution in [0.15, 0.2) is 40.3 Å². The third kappa shape index (κ3) is 4.49. The van der Waals surface area contributed by atoms with Crippen LogP contribution in [-0.2, 0) is 12.7 Å². The van der Waals surface area contributed by atoms with Crippen molar-refractivity contribution in [2.24, 2.45) is 0 Å². The SMILES string of the molecule is C[C@@H]1CN(c2nc(=O)n3c4c(cc(C(F)(F)F)cc24)[SH](Cl)CC(c2ccncc2F)C3)C[C@H](C)N1. The molecule has 1 saturated heterocycles. The number of hydrogen-bond acceptors (Lipinski definition) is 5. The second-order valence-corrected chi connectivity index (χ2v) is 12.0. The van der Waals surface area contributed by atoms with E-state index in [1.54, 1.807) is 0 Å². The van der Waals surface area contributed by atoms with Crippen LogP contribution in [0.25, 0.3) is 10.9 Å². The van der Waals surface area contributed by atoms with Gasteiger partial charge in [0.2, 0.25) is 0 Å². The van der Waals surface area contributed by atoms with Crippen molar-refractivity contribution in [3.63, 3.8) is 0 Å². The summed E-state index contributed by atoms with van der Waals surface area (Å²) in [5.41, 5.74) is -0.754. The summed E-state index contributed by atoms with van der Waals surface area (Å²) in [6.45, 7) is 4.98. The number of pyridine rings is 1. The maximum absolute atomic E-state index is 14.6. The van der Waals surface area contributed by atoms with Crippen LogP contribution in [0.5, 0.6) is 0 Å². The van der Waals surface area contributed by atoms with Gasteiger partial charge in [0.25, 0.3) is 0 Å². The van der Waals surface area contributed by atoms with E-state index in [1.165, 1.54) is 16.8 Å². The molecular weight excluding hydrogens is 506 g/mol. The van der Waals surface area contributed by atoms with Gasteiger partial charge in [-0.1, -0.05) is 10.7 Å². The maximum atomic E-state index is 14.6. The van der Waals surface area contributed by atoms with E-state index in [1.807, 2.05) is 18.7 Å². The number of alkyl halides is 3. The summed E-state index contributed by atoms with van der Waals surface area (Å²) in [7, 11) is 5.12. The molecule has 5 rings (SSSR count). The molecule has 0 bridgehead atoms. The Morgan fingerprint density at radius 3 is 2.54 bits per heavy atom. The number of nitrogens with one attached hydrogen (secondary N) is 1. The van der Waals surface area contributed by atoms with Crippen LogP contribution >= 0.6 is 20.8 Å². The normalized spacial score (nSPS) is 26.1. The number of benzene rings is 1. The third-order valence-electron chi connectivity index (χ3n) is 6.51. The van der Waals surface area contributed by atoms with Gasteiger partial charge in [-0.05, 0) is 37.6 Å². The van der Waals surface area contributed by atoms with Gasteiger partial charge in [0.05, 0.1) is 17.3 Å². The first-order chi connectivity index (χ1) is 16.5. The Hall–Kier alpha value is -2.37. The van der Waals surface area contributed by atoms with Gasteiger partial charge in [-0.3, -0.25) is 9.55 Å². The third-order valence-corrected chi connectivity index (χ3v) is 9.09. The Morgan fingerprint density at radius 2 is 1.89 bits per heavy atom. The van der Waals surface area contributed by atoms with Crippen LogP contribution < -0.4 is 15.9 Å². The Balaban J connectivity index is 1.76. The van der Waals surface area contributed by atoms with E-state index in [4.69, 9.17) is 10.7 Å². The van der Waals surface area contributed by atoms with Gasteiger partial charge in [0, 0.05) is 59.9 Å². The topological polar surface area (TPSA) is 63.1 Å². The van der Waals surface area contributed by atoms with E-state index >= 15 is 0 Å². The number of nitrogens with zero attached hydrogens (tertiary/aromatic N) is 4. The molecule has 2 aliphatic rings. The number of piperazine rings is 1. The fourth-order valence-corrected chi connectivity index (χ4v) is 7.65. The molecule has 1 aromatic carbocycles. The molecule has 2 aliphatic heterocycles. The lowest BCUT2D eigenvalue weighted by Crippen LogP contribution is -2.55. The highest BCUT2D eigenvalue weighted by Crippen LogP contribution is 2.52. The molecule has 2 aromatic heterocycles. The summed E-state index contributed by atoms with van der Waals surface area (Å²) in [4.78, 5) is 23.5. The highest BCUT2D eigenvalue weighted by molar-refractivity contribution is 8.36. The van der Waals surface area contributed by atoms with Crippen molar-refractivity contribution in [2.75, 3.05) is 23.7 Å². The summed E-state index contributed by atoms with van der Waals surface area (Å²) in [6, 6.07) is 3.73. The summed E-state index contributed by atoms with van der Waals surface area (Å²) in [5, 5.41) is 3.61. The van der Waals surface area contributed by atoms with E-state index in [0.29, 0.717) is 24.2 Å². The molecule has 6 nitrogen and oxygen atoms in total. The van der Waals surface area contributed by atoms with Gasteiger partial charge in [-0.25, -0.2) is 9.18 Å². The van der Waals surface area contributed by atoms with Crippen LogP contribution in [0.1, 0.15) is 30.9 Å². The average Bonchev–Trinajstić information content (AvgIpc) is 2.92. The van der Waals surface area contributed by atoms with Crippen LogP contribution in [0.2, 0.25) is 0 Å². The van der Waals surface area contributed by atoms with E-state index in [-0.39, 0.29) is 40.5 Å². The van der Waals surface area contributed by atoms with Crippen LogP contribution in [-0.4, -0.2) is 45.5 Å². The summed E-state index contributed by atoms with van der Waals surface area (Å²) < 4.78 is 57.8. The maximum Gasteiger partial charge on any atom is 0.416 e. The zero-order valence-electron chi connectivity index (χ0n) is 19.0. The molecule has 12 heteroatoms. The van der Waals surface area contributed by atoms with E-state index in [9.17, 15) is 22.4 Å². The summed E-state index contributed by atoms with van der Waals surface area (Å²) >= 11 is 0. The van der Waals surface area contributed by atoms with Gasteiger partial charge < -0.3 is 10.2 Å². The van der Waals surface area contributed by atoms with E-state index in [0.717, 1.165) is 18.3 Å². The van der Waals surface area contributed by atoms with Crippen molar-refractivity contribution in [1.29, 1.82) is 0 Å². The number of rotatable bonds is 2. The Morgan fingerprint density at radius 1 is 1.17 bits per heavy atom. The molecule has 3 aromatic rings. The molecule has 0 radical (unpaired) electrons. The standard InChI is InChI=1S/C23H24ClF4N5OS/c1-12-8-32(9-13(2)30-12)21-17-5-15(23(26,27)28)6-19-20(17)33(22(34)31-21)10-14(11-35(19)24)16-3-4-29-7-18(16)25/h3-7,12-14,30,35H,8-11H2,1-2H3/t12-,13+,14?. The van der Waals surface area contributed by atoms with Crippen molar-refractivity contribution in [3.8, 4) is 0 Å². The molecule has 4 heterocycles. The summed E-state index contributed by atoms with van der Waals surface area (Å²) in [5.74, 6) is -0.623. The van der Waals surface area contributed by atoms with Gasteiger partial charge in [-0.15, -0.1) is 10.1 Å². The first kappa shape index (κ1) is 24.3. The van der Waals surface area contributed by atoms with Gasteiger partial charge in [0.1, 0.15) is 11.6 Å². The second kappa shape index (κ2) is 8.94. The number of thiol groups is 1. The highest BCUT2D eigenvalue weighted by atomic mass is 35.7. The molecule has 188 valence electrons. The van der Waals surface area contributed by atoms with Crippen molar-refractivity contribution in [3.05, 3.63) is 58.0 Å². The fourth-order valence-electron chi connectivity index (χ4n) is 5.12. The molecule has 35 heavy (non-hydrogen) atoms. The van der Waals surface area contributed by atoms with Crippen LogP contribution in [0, 0.1) is 5.82 Å². The lowest BCUT2D eigenvalue weighted by molar-refractivity contribution is -0.137. The van der Waals surface area contributed by atoms with Crippen molar-refractivity contribution in [1.82, 2.24) is 19.9 Å². The second-order valence-electron chi connectivity index (χ2n) is 9.23. The van der Waals surface area contributed by atoms with Gasteiger partial charge >= 0.3 is 11.9 Å². The molecule has 0 amide bonds. The largest absolute Gasteiger partial charge is 0.416 e. The zero-order valence-corrected chi connectivity index (χ0v) is 20.6. The quantitative estimate of drug-likeness (QED) is 0.379. The first-order valence-corrected chi connectivity index (χ1v) is 13.7. The zero-order chi connectivity index (χ0) is 25.1. The van der Waals surface area contributed by atoms with E-state index in [2.05, 4.69) is 15.3 Å². The Kier molecular flexibility index (Phi) is 6.21. The van der Waals surface area contributed by atoms with Crippen molar-refractivity contribution >= 4 is 37.5 Å².